The van der Waals surface area contributed by atoms with Crippen molar-refractivity contribution in [3.05, 3.63) is 23.7 Å². The summed E-state index contributed by atoms with van der Waals surface area (Å²) in [4.78, 5) is 64.8. The minimum Gasteiger partial charge on any atom is -0.469 e. The largest absolute Gasteiger partial charge is 0.469 e. The Labute approximate surface area is 221 Å². The zero-order chi connectivity index (χ0) is 27.8. The molecule has 204 valence electrons. The molecule has 3 aliphatic rings. The predicted octanol–water partition coefficient (Wildman–Crippen LogP) is 3.37. The van der Waals surface area contributed by atoms with E-state index in [1.165, 1.54) is 7.11 Å². The van der Waals surface area contributed by atoms with E-state index in [2.05, 4.69) is 16.6 Å². The van der Waals surface area contributed by atoms with Crippen LogP contribution in [0, 0.1) is 40.4 Å². The zero-order valence-corrected chi connectivity index (χ0v) is 22.5. The van der Waals surface area contributed by atoms with Crippen LogP contribution in [-0.2, 0) is 38.2 Å². The van der Waals surface area contributed by atoms with Crippen LogP contribution in [0.3, 0.4) is 0 Å². The summed E-state index contributed by atoms with van der Waals surface area (Å²) in [5.41, 5.74) is -0.781. The second-order valence-electron chi connectivity index (χ2n) is 11.1. The normalized spacial score (nSPS) is 34.2. The summed E-state index contributed by atoms with van der Waals surface area (Å²) in [6.07, 6.45) is 1.48. The minimum atomic E-state index is -1.24. The van der Waals surface area contributed by atoms with Crippen molar-refractivity contribution in [1.82, 2.24) is 0 Å². The number of carbonyl (C=O) groups excluding carboxylic acids is 5. The van der Waals surface area contributed by atoms with E-state index in [-0.39, 0.29) is 29.8 Å². The maximum Gasteiger partial charge on any atom is 0.317 e. The van der Waals surface area contributed by atoms with Crippen molar-refractivity contribution in [2.45, 2.75) is 71.3 Å². The van der Waals surface area contributed by atoms with Gasteiger partial charge in [0, 0.05) is 30.2 Å². The summed E-state index contributed by atoms with van der Waals surface area (Å²) < 4.78 is 20.7. The third kappa shape index (κ3) is 4.55. The van der Waals surface area contributed by atoms with E-state index in [9.17, 15) is 24.0 Å². The number of hydrogen-bond donors (Lipinski definition) is 0. The maximum absolute atomic E-state index is 14.1. The summed E-state index contributed by atoms with van der Waals surface area (Å²) in [5, 5.41) is 0. The first kappa shape index (κ1) is 27.6. The molecule has 9 nitrogen and oxygen atoms in total. The minimum absolute atomic E-state index is 0.0402. The van der Waals surface area contributed by atoms with Gasteiger partial charge < -0.3 is 18.6 Å². The molecule has 0 aromatic carbocycles. The van der Waals surface area contributed by atoms with Crippen LogP contribution >= 0.6 is 0 Å². The lowest BCUT2D eigenvalue weighted by molar-refractivity contribution is -0.194. The Morgan fingerprint density at radius 2 is 1.84 bits per heavy atom. The van der Waals surface area contributed by atoms with Crippen molar-refractivity contribution >= 4 is 29.5 Å². The Bertz CT molecular complexity index is 1220. The molecule has 4 rings (SSSR count). The number of fused-ring (bicyclic) bond motifs is 3. The average Bonchev–Trinajstić information content (AvgIpc) is 3.33. The van der Waals surface area contributed by atoms with E-state index < -0.39 is 53.1 Å². The van der Waals surface area contributed by atoms with Crippen LogP contribution < -0.4 is 0 Å². The molecule has 0 bridgehead atoms. The molecule has 0 saturated heterocycles. The second-order valence-corrected chi connectivity index (χ2v) is 11.1. The molecule has 0 N–H and O–H groups in total. The number of rotatable bonds is 5. The smallest absolute Gasteiger partial charge is 0.317 e. The number of ketones is 2. The first-order valence-corrected chi connectivity index (χ1v) is 12.9. The number of hydrogen-bond acceptors (Lipinski definition) is 9. The predicted molar refractivity (Wildman–Crippen MR) is 132 cm³/mol. The Kier molecular flexibility index (Phi) is 7.55. The van der Waals surface area contributed by atoms with Gasteiger partial charge in [0.1, 0.15) is 12.2 Å². The van der Waals surface area contributed by atoms with Gasteiger partial charge in [-0.05, 0) is 54.9 Å². The summed E-state index contributed by atoms with van der Waals surface area (Å²) in [7, 11) is 2.44. The number of carbonyl (C=O) groups is 5. The van der Waals surface area contributed by atoms with Crippen LogP contribution in [0.25, 0.3) is 0 Å². The zero-order valence-electron chi connectivity index (χ0n) is 22.5. The van der Waals surface area contributed by atoms with Crippen LogP contribution in [0.4, 0.5) is 0 Å². The topological polar surface area (TPSA) is 126 Å². The van der Waals surface area contributed by atoms with Crippen LogP contribution in [0.15, 0.2) is 16.7 Å². The molecule has 0 radical (unpaired) electrons. The highest BCUT2D eigenvalue weighted by Crippen LogP contribution is 2.65. The molecule has 3 aliphatic carbocycles. The second kappa shape index (κ2) is 10.4. The molecule has 3 fully saturated rings. The lowest BCUT2D eigenvalue weighted by atomic mass is 9.41. The van der Waals surface area contributed by atoms with Crippen molar-refractivity contribution in [3.8, 4) is 11.8 Å². The van der Waals surface area contributed by atoms with E-state index in [0.29, 0.717) is 31.4 Å². The molecule has 0 amide bonds. The summed E-state index contributed by atoms with van der Waals surface area (Å²) in [6, 6.07) is 1.82. The molecule has 1 aromatic rings. The van der Waals surface area contributed by atoms with Gasteiger partial charge in [-0.3, -0.25) is 24.0 Å². The van der Waals surface area contributed by atoms with E-state index in [1.54, 1.807) is 13.2 Å². The van der Waals surface area contributed by atoms with Gasteiger partial charge in [-0.1, -0.05) is 19.8 Å². The number of ether oxygens (including phenoxy) is 3. The highest BCUT2D eigenvalue weighted by Gasteiger charge is 2.67. The number of Topliss-reactive ketones (excluding diaryl/α,β-unsaturated/α-hetero) is 2. The van der Waals surface area contributed by atoms with Crippen molar-refractivity contribution in [2.24, 2.45) is 28.6 Å². The summed E-state index contributed by atoms with van der Waals surface area (Å²) >= 11 is 0. The number of methoxy groups -OCH3 is 2. The van der Waals surface area contributed by atoms with Gasteiger partial charge in [-0.25, -0.2) is 0 Å². The van der Waals surface area contributed by atoms with E-state index in [1.807, 2.05) is 19.9 Å². The van der Waals surface area contributed by atoms with Gasteiger partial charge in [0.15, 0.2) is 17.6 Å². The fourth-order valence-electron chi connectivity index (χ4n) is 7.55. The average molecular weight is 527 g/mol. The lowest BCUT2D eigenvalue weighted by Crippen LogP contribution is -2.64. The van der Waals surface area contributed by atoms with Crippen molar-refractivity contribution in [3.63, 3.8) is 0 Å². The number of furan rings is 1. The summed E-state index contributed by atoms with van der Waals surface area (Å²) in [5.74, 6) is 1.78. The lowest BCUT2D eigenvalue weighted by Gasteiger charge is -2.61. The Morgan fingerprint density at radius 3 is 2.50 bits per heavy atom. The Balaban J connectivity index is 1.75. The molecule has 1 heterocycles. The van der Waals surface area contributed by atoms with Gasteiger partial charge in [0.05, 0.1) is 26.4 Å². The molecule has 7 unspecified atom stereocenters. The first-order valence-electron chi connectivity index (χ1n) is 12.9. The van der Waals surface area contributed by atoms with Crippen LogP contribution in [-0.4, -0.2) is 49.8 Å². The SMILES string of the molecule is CC#Cc1occc1C1CC(=O)C2CCC3(C)C(C(=O)OC)CC(OC(=O)CC(=O)OC)C(=O)C3C2(C)C1. The van der Waals surface area contributed by atoms with Crippen LogP contribution in [0.5, 0.6) is 0 Å². The van der Waals surface area contributed by atoms with Gasteiger partial charge in [0.2, 0.25) is 0 Å². The van der Waals surface area contributed by atoms with Gasteiger partial charge in [-0.2, -0.15) is 0 Å². The van der Waals surface area contributed by atoms with E-state index in [0.717, 1.165) is 12.7 Å². The highest BCUT2D eigenvalue weighted by atomic mass is 16.6. The molecular weight excluding hydrogens is 492 g/mol. The molecule has 0 spiro atoms. The third-order valence-corrected chi connectivity index (χ3v) is 9.11. The highest BCUT2D eigenvalue weighted by molar-refractivity contribution is 5.96. The fraction of sp³-hybridized carbons (Fsp3) is 0.621. The quantitative estimate of drug-likeness (QED) is 0.246. The maximum atomic E-state index is 14.1. The van der Waals surface area contributed by atoms with Gasteiger partial charge in [0.25, 0.3) is 0 Å². The standard InChI is InChI=1S/C29H34O9/c1-6-7-21-17(9-11-37-21)16-12-20(30)18-8-10-28(2)19(27(34)36-5)13-22(38-24(32)14-23(31)35-4)25(33)26(28)29(18,3)15-16/h9,11,16,18-19,22,26H,8,10,12-15H2,1-5H3. The number of esters is 3. The van der Waals surface area contributed by atoms with E-state index in [4.69, 9.17) is 13.9 Å². The molecule has 38 heavy (non-hydrogen) atoms. The monoisotopic (exact) mass is 526 g/mol. The summed E-state index contributed by atoms with van der Waals surface area (Å²) in [6.45, 7) is 5.56. The molecule has 9 heteroatoms. The molecule has 3 saturated carbocycles. The van der Waals surface area contributed by atoms with Gasteiger partial charge in [-0.15, -0.1) is 0 Å². The van der Waals surface area contributed by atoms with Crippen LogP contribution in [0.2, 0.25) is 0 Å². The Hall–Kier alpha value is -3.41. The molecule has 0 aliphatic heterocycles. The van der Waals surface area contributed by atoms with Gasteiger partial charge >= 0.3 is 17.9 Å². The Morgan fingerprint density at radius 1 is 1.11 bits per heavy atom. The van der Waals surface area contributed by atoms with Crippen molar-refractivity contribution < 1.29 is 42.6 Å². The van der Waals surface area contributed by atoms with Crippen molar-refractivity contribution in [2.75, 3.05) is 14.2 Å². The fourth-order valence-corrected chi connectivity index (χ4v) is 7.55. The molecule has 7 atom stereocenters. The van der Waals surface area contributed by atoms with Crippen LogP contribution in [0.1, 0.15) is 76.5 Å². The molecule has 1 aromatic heterocycles. The van der Waals surface area contributed by atoms with E-state index >= 15 is 0 Å². The molecular formula is C29H34O9. The van der Waals surface area contributed by atoms with Crippen molar-refractivity contribution in [1.29, 1.82) is 0 Å². The third-order valence-electron chi connectivity index (χ3n) is 9.11. The first-order chi connectivity index (χ1) is 18.0.